The monoisotopic (exact) mass is 474 g/mol. The first-order valence-corrected chi connectivity index (χ1v) is 11.0. The molecule has 180 valence electrons. The molecule has 0 bridgehead atoms. The van der Waals surface area contributed by atoms with E-state index in [2.05, 4.69) is 5.32 Å². The Morgan fingerprint density at radius 2 is 1.97 bits per heavy atom. The van der Waals surface area contributed by atoms with E-state index >= 15 is 0 Å². The number of nitrogens with one attached hydrogen (secondary N) is 1. The highest BCUT2D eigenvalue weighted by atomic mass is 19.4. The number of carboxylic acid groups (broad SMARTS) is 1. The fraction of sp³-hybridized carbons (Fsp3) is 0.360. The van der Waals surface area contributed by atoms with Crippen LogP contribution in [0.5, 0.6) is 0 Å². The van der Waals surface area contributed by atoms with Crippen molar-refractivity contribution in [2.75, 3.05) is 23.3 Å². The second-order valence-corrected chi connectivity index (χ2v) is 8.72. The molecule has 0 radical (unpaired) electrons. The number of alkyl halides is 3. The number of piperidine rings is 1. The Kier molecular flexibility index (Phi) is 6.29. The van der Waals surface area contributed by atoms with Crippen molar-refractivity contribution in [1.29, 1.82) is 0 Å². The molecule has 9 heteroatoms. The first-order chi connectivity index (χ1) is 16.0. The lowest BCUT2D eigenvalue weighted by molar-refractivity contribution is -0.176. The Bertz CT molecular complexity index is 1290. The third-order valence-electron chi connectivity index (χ3n) is 6.18. The molecule has 2 atom stereocenters. The van der Waals surface area contributed by atoms with Crippen LogP contribution in [0.3, 0.4) is 0 Å². The number of carbonyl (C=O) groups is 1. The SMILES string of the molecule is Cc1cc(C(C)Nc2ccccc2C(=O)O)c2oc(N3CCCC(C(F)(F)F)C3)cc(=O)c2c1. The molecule has 2 aromatic carbocycles. The van der Waals surface area contributed by atoms with Gasteiger partial charge in [0.2, 0.25) is 0 Å². The van der Waals surface area contributed by atoms with Crippen molar-refractivity contribution in [3.63, 3.8) is 0 Å². The standard InChI is InChI=1S/C25H25F3N2O4/c1-14-10-18(15(2)29-20-8-4-3-7-17(20)24(32)33)23-19(11-14)21(31)12-22(34-23)30-9-5-6-16(13-30)25(26,27)28/h3-4,7-8,10-12,15-16,29H,5-6,9,13H2,1-2H3,(H,32,33). The topological polar surface area (TPSA) is 82.8 Å². The molecule has 4 rings (SSSR count). The molecular formula is C25H25F3N2O4. The molecule has 1 aromatic heterocycles. The van der Waals surface area contributed by atoms with Crippen LogP contribution in [-0.2, 0) is 0 Å². The molecule has 2 N–H and O–H groups in total. The number of aryl methyl sites for hydroxylation is 1. The highest BCUT2D eigenvalue weighted by molar-refractivity contribution is 5.94. The van der Waals surface area contributed by atoms with E-state index in [1.807, 2.05) is 13.0 Å². The molecule has 2 unspecified atom stereocenters. The zero-order chi connectivity index (χ0) is 24.6. The second-order valence-electron chi connectivity index (χ2n) is 8.72. The number of para-hydroxylation sites is 1. The van der Waals surface area contributed by atoms with Gasteiger partial charge in [-0.2, -0.15) is 13.2 Å². The maximum Gasteiger partial charge on any atom is 0.393 e. The molecule has 2 heterocycles. The van der Waals surface area contributed by atoms with Gasteiger partial charge in [-0.1, -0.05) is 18.2 Å². The van der Waals surface area contributed by atoms with Crippen LogP contribution in [0, 0.1) is 12.8 Å². The van der Waals surface area contributed by atoms with Gasteiger partial charge in [-0.25, -0.2) is 4.79 Å². The number of benzene rings is 2. The van der Waals surface area contributed by atoms with Crippen molar-refractivity contribution in [3.8, 4) is 0 Å². The second kappa shape index (κ2) is 9.04. The third-order valence-corrected chi connectivity index (χ3v) is 6.18. The first kappa shape index (κ1) is 23.7. The fourth-order valence-electron chi connectivity index (χ4n) is 4.45. The van der Waals surface area contributed by atoms with Gasteiger partial charge < -0.3 is 19.7 Å². The van der Waals surface area contributed by atoms with Crippen molar-refractivity contribution in [1.82, 2.24) is 0 Å². The van der Waals surface area contributed by atoms with E-state index < -0.39 is 24.1 Å². The maximum absolute atomic E-state index is 13.3. The molecule has 3 aromatic rings. The lowest BCUT2D eigenvalue weighted by Crippen LogP contribution is -2.42. The van der Waals surface area contributed by atoms with Gasteiger partial charge in [0.1, 0.15) is 5.58 Å². The third kappa shape index (κ3) is 4.73. The minimum Gasteiger partial charge on any atom is -0.478 e. The largest absolute Gasteiger partial charge is 0.478 e. The quantitative estimate of drug-likeness (QED) is 0.490. The molecule has 1 aliphatic rings. The molecule has 0 saturated carbocycles. The Labute approximate surface area is 194 Å². The molecule has 1 aliphatic heterocycles. The summed E-state index contributed by atoms with van der Waals surface area (Å²) in [5, 5.41) is 13.0. The molecule has 0 spiro atoms. The Balaban J connectivity index is 1.75. The van der Waals surface area contributed by atoms with Crippen LogP contribution in [0.4, 0.5) is 24.7 Å². The van der Waals surface area contributed by atoms with E-state index in [0.717, 1.165) is 5.56 Å². The van der Waals surface area contributed by atoms with Crippen LogP contribution in [0.15, 0.2) is 51.7 Å². The average Bonchev–Trinajstić information content (AvgIpc) is 2.78. The van der Waals surface area contributed by atoms with Gasteiger partial charge >= 0.3 is 12.1 Å². The summed E-state index contributed by atoms with van der Waals surface area (Å²) in [4.78, 5) is 26.0. The van der Waals surface area contributed by atoms with Crippen LogP contribution in [0.2, 0.25) is 0 Å². The minimum absolute atomic E-state index is 0.0478. The lowest BCUT2D eigenvalue weighted by Gasteiger charge is -2.34. The smallest absolute Gasteiger partial charge is 0.393 e. The van der Waals surface area contributed by atoms with Crippen LogP contribution in [0.1, 0.15) is 47.3 Å². The van der Waals surface area contributed by atoms with Gasteiger partial charge in [0.05, 0.1) is 22.9 Å². The summed E-state index contributed by atoms with van der Waals surface area (Å²) in [5.74, 6) is -2.45. The summed E-state index contributed by atoms with van der Waals surface area (Å²) in [5.41, 5.74) is 1.85. The molecule has 0 amide bonds. The summed E-state index contributed by atoms with van der Waals surface area (Å²) < 4.78 is 46.0. The van der Waals surface area contributed by atoms with Crippen LogP contribution < -0.4 is 15.6 Å². The van der Waals surface area contributed by atoms with Gasteiger partial charge in [0, 0.05) is 30.4 Å². The van der Waals surface area contributed by atoms with E-state index in [1.54, 1.807) is 31.2 Å². The molecule has 0 aliphatic carbocycles. The van der Waals surface area contributed by atoms with Crippen molar-refractivity contribution in [3.05, 3.63) is 69.4 Å². The summed E-state index contributed by atoms with van der Waals surface area (Å²) >= 11 is 0. The number of hydrogen-bond acceptors (Lipinski definition) is 5. The number of rotatable bonds is 5. The zero-order valence-corrected chi connectivity index (χ0v) is 18.8. The molecule has 1 saturated heterocycles. The molecular weight excluding hydrogens is 449 g/mol. The highest BCUT2D eigenvalue weighted by Crippen LogP contribution is 2.36. The van der Waals surface area contributed by atoms with Gasteiger partial charge in [0.15, 0.2) is 11.3 Å². The molecule has 6 nitrogen and oxygen atoms in total. The summed E-state index contributed by atoms with van der Waals surface area (Å²) in [6.45, 7) is 3.73. The van der Waals surface area contributed by atoms with Gasteiger partial charge in [-0.15, -0.1) is 0 Å². The number of hydrogen-bond donors (Lipinski definition) is 2. The summed E-state index contributed by atoms with van der Waals surface area (Å²) in [6.07, 6.45) is -3.92. The first-order valence-electron chi connectivity index (χ1n) is 11.0. The predicted molar refractivity (Wildman–Crippen MR) is 124 cm³/mol. The average molecular weight is 474 g/mol. The van der Waals surface area contributed by atoms with Gasteiger partial charge in [0.25, 0.3) is 0 Å². The number of carboxylic acids is 1. The Hall–Kier alpha value is -3.49. The van der Waals surface area contributed by atoms with E-state index in [0.29, 0.717) is 29.6 Å². The number of halogens is 3. The van der Waals surface area contributed by atoms with Gasteiger partial charge in [-0.3, -0.25) is 4.79 Å². The number of nitrogens with zero attached hydrogens (tertiary/aromatic N) is 1. The Morgan fingerprint density at radius 1 is 1.24 bits per heavy atom. The Morgan fingerprint density at radius 3 is 2.68 bits per heavy atom. The fourth-order valence-corrected chi connectivity index (χ4v) is 4.45. The normalized spacial score (nSPS) is 17.6. The maximum atomic E-state index is 13.3. The number of fused-ring (bicyclic) bond motifs is 1. The van der Waals surface area contributed by atoms with Crippen LogP contribution in [-0.4, -0.2) is 30.3 Å². The van der Waals surface area contributed by atoms with Crippen molar-refractivity contribution in [2.24, 2.45) is 5.92 Å². The van der Waals surface area contributed by atoms with E-state index in [1.165, 1.54) is 17.0 Å². The highest BCUT2D eigenvalue weighted by Gasteiger charge is 2.42. The van der Waals surface area contributed by atoms with Gasteiger partial charge in [-0.05, 0) is 50.5 Å². The van der Waals surface area contributed by atoms with Crippen LogP contribution in [0.25, 0.3) is 11.0 Å². The molecule has 1 fully saturated rings. The number of aromatic carboxylic acids is 1. The van der Waals surface area contributed by atoms with Crippen molar-refractivity contribution in [2.45, 2.75) is 38.9 Å². The predicted octanol–water partition coefficient (Wildman–Crippen LogP) is 5.75. The molecule has 34 heavy (non-hydrogen) atoms. The minimum atomic E-state index is -4.31. The summed E-state index contributed by atoms with van der Waals surface area (Å²) in [6, 6.07) is 10.8. The van der Waals surface area contributed by atoms with E-state index in [9.17, 15) is 27.9 Å². The van der Waals surface area contributed by atoms with E-state index in [-0.39, 0.29) is 35.4 Å². The van der Waals surface area contributed by atoms with Crippen molar-refractivity contribution < 1.29 is 27.5 Å². The number of anilines is 2. The van der Waals surface area contributed by atoms with E-state index in [4.69, 9.17) is 4.42 Å². The van der Waals surface area contributed by atoms with Crippen molar-refractivity contribution >= 4 is 28.5 Å². The summed E-state index contributed by atoms with van der Waals surface area (Å²) in [7, 11) is 0. The lowest BCUT2D eigenvalue weighted by atomic mass is 9.97. The zero-order valence-electron chi connectivity index (χ0n) is 18.8. The van der Waals surface area contributed by atoms with Crippen LogP contribution >= 0.6 is 0 Å².